The zero-order chi connectivity index (χ0) is 9.14. The molecule has 5 heteroatoms. The molecule has 0 saturated carbocycles. The Balaban J connectivity index is 2.71. The molecule has 12 heavy (non-hydrogen) atoms. The van der Waals surface area contributed by atoms with Crippen molar-refractivity contribution in [2.45, 2.75) is 12.5 Å². The van der Waals surface area contributed by atoms with E-state index < -0.39 is 12.0 Å². The fourth-order valence-electron chi connectivity index (χ4n) is 0.851. The maximum Gasteiger partial charge on any atom is 0.305 e. The van der Waals surface area contributed by atoms with Gasteiger partial charge in [-0.2, -0.15) is 0 Å². The zero-order valence-corrected chi connectivity index (χ0v) is 7.73. The first-order valence-corrected chi connectivity index (χ1v) is 4.57. The van der Waals surface area contributed by atoms with Crippen molar-refractivity contribution in [3.8, 4) is 0 Å². The Kier molecular flexibility index (Phi) is 3.08. The van der Waals surface area contributed by atoms with E-state index in [1.807, 2.05) is 0 Å². The lowest BCUT2D eigenvalue weighted by molar-refractivity contribution is -0.137. The molecule has 1 aromatic heterocycles. The number of thiophene rings is 1. The van der Waals surface area contributed by atoms with Crippen LogP contribution >= 0.6 is 22.9 Å². The van der Waals surface area contributed by atoms with Crippen LogP contribution in [0.2, 0.25) is 5.02 Å². The number of carbonyl (C=O) groups is 1. The molecule has 0 amide bonds. The number of nitrogens with two attached hydrogens (primary N) is 1. The van der Waals surface area contributed by atoms with E-state index in [1.165, 1.54) is 11.3 Å². The Hall–Kier alpha value is -0.580. The maximum absolute atomic E-state index is 10.3. The summed E-state index contributed by atoms with van der Waals surface area (Å²) in [5, 5.41) is 10.8. The molecule has 66 valence electrons. The van der Waals surface area contributed by atoms with Crippen LogP contribution in [0.1, 0.15) is 17.3 Å². The number of aliphatic carboxylic acids is 1. The smallest absolute Gasteiger partial charge is 0.305 e. The first-order chi connectivity index (χ1) is 5.61. The van der Waals surface area contributed by atoms with Crippen LogP contribution in [0.4, 0.5) is 0 Å². The molecule has 1 rings (SSSR count). The molecule has 0 aliphatic rings. The van der Waals surface area contributed by atoms with Gasteiger partial charge in [-0.05, 0) is 11.4 Å². The van der Waals surface area contributed by atoms with E-state index in [4.69, 9.17) is 22.4 Å². The quantitative estimate of drug-likeness (QED) is 0.792. The summed E-state index contributed by atoms with van der Waals surface area (Å²) < 4.78 is 0. The van der Waals surface area contributed by atoms with Gasteiger partial charge in [0.25, 0.3) is 0 Å². The van der Waals surface area contributed by atoms with Gasteiger partial charge in [0.05, 0.1) is 17.5 Å². The van der Waals surface area contributed by atoms with Crippen LogP contribution in [0.25, 0.3) is 0 Å². The highest BCUT2D eigenvalue weighted by Gasteiger charge is 2.14. The van der Waals surface area contributed by atoms with Crippen LogP contribution in [-0.4, -0.2) is 11.1 Å². The fraction of sp³-hybridized carbons (Fsp3) is 0.286. The third kappa shape index (κ3) is 2.20. The second-order valence-corrected chi connectivity index (χ2v) is 3.69. The highest BCUT2D eigenvalue weighted by molar-refractivity contribution is 7.10. The van der Waals surface area contributed by atoms with Gasteiger partial charge in [-0.25, -0.2) is 0 Å². The Morgan fingerprint density at radius 2 is 2.50 bits per heavy atom. The van der Waals surface area contributed by atoms with Gasteiger partial charge in [-0.3, -0.25) is 4.79 Å². The topological polar surface area (TPSA) is 63.3 Å². The number of carboxylic acid groups (broad SMARTS) is 1. The van der Waals surface area contributed by atoms with Crippen LogP contribution in [0, 0.1) is 0 Å². The van der Waals surface area contributed by atoms with Gasteiger partial charge in [0.1, 0.15) is 0 Å². The van der Waals surface area contributed by atoms with E-state index in [0.717, 1.165) is 4.88 Å². The first kappa shape index (κ1) is 9.51. The summed E-state index contributed by atoms with van der Waals surface area (Å²) in [7, 11) is 0. The summed E-state index contributed by atoms with van der Waals surface area (Å²) in [4.78, 5) is 11.0. The second-order valence-electron chi connectivity index (χ2n) is 2.34. The summed E-state index contributed by atoms with van der Waals surface area (Å²) in [6.07, 6.45) is -0.0831. The molecule has 0 saturated heterocycles. The van der Waals surface area contributed by atoms with Crippen molar-refractivity contribution in [1.29, 1.82) is 0 Å². The Bertz CT molecular complexity index is 287. The summed E-state index contributed by atoms with van der Waals surface area (Å²) >= 11 is 7.13. The third-order valence-electron chi connectivity index (χ3n) is 1.38. The molecule has 1 unspecified atom stereocenters. The normalized spacial score (nSPS) is 12.8. The molecule has 0 aliphatic heterocycles. The van der Waals surface area contributed by atoms with E-state index >= 15 is 0 Å². The minimum Gasteiger partial charge on any atom is -0.481 e. The van der Waals surface area contributed by atoms with Crippen molar-refractivity contribution in [2.75, 3.05) is 0 Å². The molecule has 1 heterocycles. The Labute approximate surface area is 78.8 Å². The van der Waals surface area contributed by atoms with Gasteiger partial charge < -0.3 is 10.8 Å². The van der Waals surface area contributed by atoms with Gasteiger partial charge in [0.15, 0.2) is 0 Å². The van der Waals surface area contributed by atoms with E-state index in [2.05, 4.69) is 0 Å². The largest absolute Gasteiger partial charge is 0.481 e. The molecule has 3 nitrogen and oxygen atoms in total. The minimum absolute atomic E-state index is 0.0831. The highest BCUT2D eigenvalue weighted by Crippen LogP contribution is 2.28. The van der Waals surface area contributed by atoms with Gasteiger partial charge in [-0.15, -0.1) is 11.3 Å². The van der Waals surface area contributed by atoms with E-state index in [9.17, 15) is 4.79 Å². The SMILES string of the molecule is NC(CC(=O)O)c1sccc1Cl. The van der Waals surface area contributed by atoms with Crippen LogP contribution in [0.3, 0.4) is 0 Å². The number of hydrogen-bond acceptors (Lipinski definition) is 3. The molecule has 0 radical (unpaired) electrons. The highest BCUT2D eigenvalue weighted by atomic mass is 35.5. The van der Waals surface area contributed by atoms with Gasteiger partial charge >= 0.3 is 5.97 Å². The van der Waals surface area contributed by atoms with Crippen molar-refractivity contribution in [1.82, 2.24) is 0 Å². The molecule has 0 bridgehead atoms. The van der Waals surface area contributed by atoms with Crippen molar-refractivity contribution in [3.05, 3.63) is 21.3 Å². The van der Waals surface area contributed by atoms with Crippen LogP contribution < -0.4 is 5.73 Å². The van der Waals surface area contributed by atoms with Gasteiger partial charge in [0, 0.05) is 4.88 Å². The number of hydrogen-bond donors (Lipinski definition) is 2. The predicted octanol–water partition coefficient (Wildman–Crippen LogP) is 1.88. The minimum atomic E-state index is -0.910. The average Bonchev–Trinajstić information content (AvgIpc) is 2.33. The number of halogens is 1. The lowest BCUT2D eigenvalue weighted by Gasteiger charge is -2.05. The maximum atomic E-state index is 10.3. The van der Waals surface area contributed by atoms with Crippen LogP contribution in [-0.2, 0) is 4.79 Å². The lowest BCUT2D eigenvalue weighted by Crippen LogP contribution is -2.13. The average molecular weight is 206 g/mol. The summed E-state index contributed by atoms with van der Waals surface area (Å²) in [5.74, 6) is -0.910. The number of rotatable bonds is 3. The number of carboxylic acids is 1. The Morgan fingerprint density at radius 3 is 2.92 bits per heavy atom. The fourth-order valence-corrected chi connectivity index (χ4v) is 2.05. The molecule has 0 fully saturated rings. The molecule has 3 N–H and O–H groups in total. The van der Waals surface area contributed by atoms with E-state index in [1.54, 1.807) is 11.4 Å². The standard InChI is InChI=1S/C7H8ClNO2S/c8-4-1-2-12-7(4)5(9)3-6(10)11/h1-2,5H,3,9H2,(H,10,11). The van der Waals surface area contributed by atoms with Crippen LogP contribution in [0.15, 0.2) is 11.4 Å². The monoisotopic (exact) mass is 205 g/mol. The molecule has 0 aliphatic carbocycles. The van der Waals surface area contributed by atoms with Crippen molar-refractivity contribution < 1.29 is 9.90 Å². The molecular formula is C7H8ClNO2S. The van der Waals surface area contributed by atoms with E-state index in [0.29, 0.717) is 5.02 Å². The second kappa shape index (κ2) is 3.89. The van der Waals surface area contributed by atoms with Gasteiger partial charge in [-0.1, -0.05) is 11.6 Å². The Morgan fingerprint density at radius 1 is 1.83 bits per heavy atom. The molecule has 0 aromatic carbocycles. The van der Waals surface area contributed by atoms with Gasteiger partial charge in [0.2, 0.25) is 0 Å². The van der Waals surface area contributed by atoms with Crippen molar-refractivity contribution >= 4 is 28.9 Å². The van der Waals surface area contributed by atoms with Crippen molar-refractivity contribution in [2.24, 2.45) is 5.73 Å². The predicted molar refractivity (Wildman–Crippen MR) is 48.5 cm³/mol. The molecule has 0 spiro atoms. The molecule has 1 aromatic rings. The van der Waals surface area contributed by atoms with Crippen molar-refractivity contribution in [3.63, 3.8) is 0 Å². The van der Waals surface area contributed by atoms with E-state index in [-0.39, 0.29) is 6.42 Å². The van der Waals surface area contributed by atoms with Crippen LogP contribution in [0.5, 0.6) is 0 Å². The molecule has 1 atom stereocenters. The lowest BCUT2D eigenvalue weighted by atomic mass is 10.2. The summed E-state index contributed by atoms with van der Waals surface area (Å²) in [5.41, 5.74) is 5.59. The zero-order valence-electron chi connectivity index (χ0n) is 6.16. The summed E-state index contributed by atoms with van der Waals surface area (Å²) in [6.45, 7) is 0. The summed E-state index contributed by atoms with van der Waals surface area (Å²) in [6, 6.07) is 1.22. The molecular weight excluding hydrogens is 198 g/mol. The first-order valence-electron chi connectivity index (χ1n) is 3.31. The third-order valence-corrected chi connectivity index (χ3v) is 2.87.